The minimum atomic E-state index is -0.747. The Hall–Kier alpha value is -2.24. The highest BCUT2D eigenvalue weighted by Crippen LogP contribution is 2.31. The van der Waals surface area contributed by atoms with Crippen molar-refractivity contribution in [1.29, 1.82) is 0 Å². The van der Waals surface area contributed by atoms with Gasteiger partial charge in [0.15, 0.2) is 0 Å². The lowest BCUT2D eigenvalue weighted by molar-refractivity contribution is 0.253. The molecule has 98 valence electrons. The van der Waals surface area contributed by atoms with Crippen LogP contribution in [0.5, 0.6) is 5.75 Å². The molecule has 0 saturated carbocycles. The molecule has 5 N–H and O–H groups in total. The summed E-state index contributed by atoms with van der Waals surface area (Å²) in [6.45, 7) is 4.41. The number of rotatable bonds is 4. The second-order valence-electron chi connectivity index (χ2n) is 3.54. The molecule has 1 rings (SSSR count). The Morgan fingerprint density at radius 1 is 1.39 bits per heavy atom. The number of hydrogen-bond donors (Lipinski definition) is 3. The number of carbonyl (C=O) groups excluding carboxylic acids is 1. The Labute approximate surface area is 106 Å². The van der Waals surface area contributed by atoms with Gasteiger partial charge in [0.2, 0.25) is 5.96 Å². The van der Waals surface area contributed by atoms with Crippen molar-refractivity contribution < 1.29 is 9.53 Å². The Morgan fingerprint density at radius 2 is 2.11 bits per heavy atom. The molecule has 0 aliphatic heterocycles. The number of primary amides is 1. The molecule has 1 aromatic rings. The van der Waals surface area contributed by atoms with E-state index in [-0.39, 0.29) is 5.96 Å². The first-order valence-electron chi connectivity index (χ1n) is 5.73. The molecule has 0 aliphatic rings. The number of aryl methyl sites for hydroxylation is 1. The fourth-order valence-corrected chi connectivity index (χ4v) is 1.53. The largest absolute Gasteiger partial charge is 0.492 e. The van der Waals surface area contributed by atoms with Gasteiger partial charge in [0.25, 0.3) is 0 Å². The van der Waals surface area contributed by atoms with E-state index in [1.54, 1.807) is 6.07 Å². The number of nitrogens with zero attached hydrogens (tertiary/aromatic N) is 1. The van der Waals surface area contributed by atoms with Gasteiger partial charge in [-0.1, -0.05) is 19.1 Å². The number of ether oxygens (including phenoxy) is 1. The van der Waals surface area contributed by atoms with E-state index in [1.807, 2.05) is 26.0 Å². The Kier molecular flexibility index (Phi) is 4.98. The van der Waals surface area contributed by atoms with Crippen LogP contribution in [0.2, 0.25) is 0 Å². The quantitative estimate of drug-likeness (QED) is 0.553. The van der Waals surface area contributed by atoms with Gasteiger partial charge >= 0.3 is 6.03 Å². The molecular formula is C12H18N4O2. The summed E-state index contributed by atoms with van der Waals surface area (Å²) in [6.07, 6.45) is 0.781. The summed E-state index contributed by atoms with van der Waals surface area (Å²) < 4.78 is 5.48. The second kappa shape index (κ2) is 6.48. The normalized spacial score (nSPS) is 11.1. The van der Waals surface area contributed by atoms with Gasteiger partial charge in [0.05, 0.1) is 6.61 Å². The molecule has 6 heteroatoms. The number of benzene rings is 1. The van der Waals surface area contributed by atoms with Crippen molar-refractivity contribution in [1.82, 2.24) is 5.32 Å². The molecule has 0 fully saturated rings. The van der Waals surface area contributed by atoms with Crippen LogP contribution in [-0.2, 0) is 6.42 Å². The molecule has 18 heavy (non-hydrogen) atoms. The van der Waals surface area contributed by atoms with E-state index >= 15 is 0 Å². The average Bonchev–Trinajstić information content (AvgIpc) is 2.30. The highest BCUT2D eigenvalue weighted by atomic mass is 16.5. The summed E-state index contributed by atoms with van der Waals surface area (Å²) in [6, 6.07) is 4.88. The lowest BCUT2D eigenvalue weighted by atomic mass is 10.1. The van der Waals surface area contributed by atoms with E-state index in [2.05, 4.69) is 10.3 Å². The van der Waals surface area contributed by atoms with Crippen LogP contribution in [-0.4, -0.2) is 18.6 Å². The van der Waals surface area contributed by atoms with Crippen LogP contribution in [0.25, 0.3) is 0 Å². The van der Waals surface area contributed by atoms with Crippen molar-refractivity contribution in [2.75, 3.05) is 6.61 Å². The van der Waals surface area contributed by atoms with Gasteiger partial charge in [0.1, 0.15) is 11.4 Å². The molecular weight excluding hydrogens is 232 g/mol. The average molecular weight is 250 g/mol. The zero-order valence-electron chi connectivity index (χ0n) is 10.6. The molecule has 2 amide bonds. The van der Waals surface area contributed by atoms with Gasteiger partial charge in [-0.15, -0.1) is 0 Å². The molecule has 0 aromatic heterocycles. The number of nitrogens with two attached hydrogens (primary N) is 2. The standard InChI is InChI=1S/C12H18N4O2/c1-3-8-6-5-7-9(18-4-2)10(8)15-11(13)16-12(14)17/h5-7H,3-4H2,1-2H3,(H5,13,14,15,16,17). The number of amides is 2. The van der Waals surface area contributed by atoms with Gasteiger partial charge < -0.3 is 16.2 Å². The Balaban J connectivity index is 3.14. The fourth-order valence-electron chi connectivity index (χ4n) is 1.53. The number of carbonyl (C=O) groups is 1. The summed E-state index contributed by atoms with van der Waals surface area (Å²) in [4.78, 5) is 14.8. The summed E-state index contributed by atoms with van der Waals surface area (Å²) in [5.41, 5.74) is 12.2. The number of guanidine groups is 1. The molecule has 0 heterocycles. The zero-order valence-corrected chi connectivity index (χ0v) is 10.6. The predicted molar refractivity (Wildman–Crippen MR) is 71.0 cm³/mol. The molecule has 1 aromatic carbocycles. The van der Waals surface area contributed by atoms with Crippen molar-refractivity contribution in [3.05, 3.63) is 23.8 Å². The van der Waals surface area contributed by atoms with Crippen molar-refractivity contribution in [3.63, 3.8) is 0 Å². The van der Waals surface area contributed by atoms with Crippen LogP contribution in [0, 0.1) is 0 Å². The first-order valence-corrected chi connectivity index (χ1v) is 5.73. The minimum absolute atomic E-state index is 0.0515. The Morgan fingerprint density at radius 3 is 2.67 bits per heavy atom. The van der Waals surface area contributed by atoms with E-state index in [1.165, 1.54) is 0 Å². The number of para-hydroxylation sites is 1. The van der Waals surface area contributed by atoms with Gasteiger partial charge in [0, 0.05) is 0 Å². The van der Waals surface area contributed by atoms with Crippen molar-refractivity contribution >= 4 is 17.7 Å². The number of hydrogen-bond acceptors (Lipinski definition) is 3. The van der Waals surface area contributed by atoms with Gasteiger partial charge in [-0.05, 0) is 25.0 Å². The third-order valence-corrected chi connectivity index (χ3v) is 2.25. The molecule has 0 bridgehead atoms. The molecule has 6 nitrogen and oxygen atoms in total. The van der Waals surface area contributed by atoms with E-state index < -0.39 is 6.03 Å². The van der Waals surface area contributed by atoms with Crippen molar-refractivity contribution in [2.45, 2.75) is 20.3 Å². The van der Waals surface area contributed by atoms with Crippen LogP contribution in [0.4, 0.5) is 10.5 Å². The van der Waals surface area contributed by atoms with Crippen molar-refractivity contribution in [2.24, 2.45) is 16.5 Å². The van der Waals surface area contributed by atoms with Crippen LogP contribution < -0.4 is 21.5 Å². The minimum Gasteiger partial charge on any atom is -0.492 e. The smallest absolute Gasteiger partial charge is 0.318 e. The summed E-state index contributed by atoms with van der Waals surface area (Å²) in [5, 5.41) is 2.22. The van der Waals surface area contributed by atoms with Gasteiger partial charge in [-0.2, -0.15) is 0 Å². The number of aliphatic imine (C=N–C) groups is 1. The molecule has 0 spiro atoms. The molecule has 0 unspecified atom stereocenters. The molecule has 0 atom stereocenters. The van der Waals surface area contributed by atoms with E-state index in [0.29, 0.717) is 18.0 Å². The third-order valence-electron chi connectivity index (χ3n) is 2.25. The summed E-state index contributed by atoms with van der Waals surface area (Å²) in [7, 11) is 0. The topological polar surface area (TPSA) is 103 Å². The number of nitrogens with one attached hydrogen (secondary N) is 1. The van der Waals surface area contributed by atoms with E-state index in [0.717, 1.165) is 12.0 Å². The van der Waals surface area contributed by atoms with Crippen LogP contribution in [0.3, 0.4) is 0 Å². The maximum absolute atomic E-state index is 10.7. The number of urea groups is 1. The van der Waals surface area contributed by atoms with Crippen LogP contribution in [0.1, 0.15) is 19.4 Å². The lowest BCUT2D eigenvalue weighted by Crippen LogP contribution is -2.40. The second-order valence-corrected chi connectivity index (χ2v) is 3.54. The summed E-state index contributed by atoms with van der Waals surface area (Å²) >= 11 is 0. The molecule has 0 aliphatic carbocycles. The maximum atomic E-state index is 10.7. The predicted octanol–water partition coefficient (Wildman–Crippen LogP) is 1.26. The highest BCUT2D eigenvalue weighted by molar-refractivity contribution is 5.96. The van der Waals surface area contributed by atoms with Gasteiger partial charge in [-0.25, -0.2) is 9.79 Å². The highest BCUT2D eigenvalue weighted by Gasteiger charge is 2.08. The lowest BCUT2D eigenvalue weighted by Gasteiger charge is -2.11. The molecule has 0 radical (unpaired) electrons. The Bertz CT molecular complexity index is 457. The first-order chi connectivity index (χ1) is 8.58. The van der Waals surface area contributed by atoms with Crippen LogP contribution in [0.15, 0.2) is 23.2 Å². The maximum Gasteiger partial charge on any atom is 0.318 e. The van der Waals surface area contributed by atoms with Gasteiger partial charge in [-0.3, -0.25) is 5.32 Å². The summed E-state index contributed by atoms with van der Waals surface area (Å²) in [5.74, 6) is 0.579. The third kappa shape index (κ3) is 3.65. The fraction of sp³-hybridized carbons (Fsp3) is 0.333. The first kappa shape index (κ1) is 13.8. The van der Waals surface area contributed by atoms with Crippen LogP contribution >= 0.6 is 0 Å². The van der Waals surface area contributed by atoms with Crippen molar-refractivity contribution in [3.8, 4) is 5.75 Å². The monoisotopic (exact) mass is 250 g/mol. The SMILES string of the molecule is CCOc1cccc(CC)c1N=C(N)NC(N)=O. The van der Waals surface area contributed by atoms with E-state index in [9.17, 15) is 4.79 Å². The zero-order chi connectivity index (χ0) is 13.5. The molecule has 0 saturated heterocycles. The van der Waals surface area contributed by atoms with E-state index in [4.69, 9.17) is 16.2 Å².